The normalized spacial score (nSPS) is 13.3. The number of amides is 1. The van der Waals surface area contributed by atoms with Crippen LogP contribution in [-0.4, -0.2) is 15.9 Å². The van der Waals surface area contributed by atoms with Gasteiger partial charge in [-0.15, -0.1) is 11.3 Å². The molecule has 0 aliphatic heterocycles. The first kappa shape index (κ1) is 13.2. The average molecular weight is 311 g/mol. The number of aryl methyl sites for hydroxylation is 2. The number of thiophene rings is 1. The van der Waals surface area contributed by atoms with Crippen molar-refractivity contribution in [3.63, 3.8) is 0 Å². The third kappa shape index (κ3) is 2.03. The number of primary amides is 1. The molecule has 0 radical (unpaired) electrons. The summed E-state index contributed by atoms with van der Waals surface area (Å²) in [6.45, 7) is 0. The quantitative estimate of drug-likeness (QED) is 0.806. The number of nitrogens with two attached hydrogens (primary N) is 1. The highest BCUT2D eigenvalue weighted by atomic mass is 32.1. The Kier molecular flexibility index (Phi) is 3.04. The number of hydrogen-bond donors (Lipinski definition) is 1. The van der Waals surface area contributed by atoms with Gasteiger partial charge >= 0.3 is 0 Å². The maximum absolute atomic E-state index is 11.5. The molecule has 0 atom stereocenters. The second kappa shape index (κ2) is 5.06. The molecule has 3 aromatic rings. The summed E-state index contributed by atoms with van der Waals surface area (Å²) in [5, 5.41) is 0.972. The molecule has 0 spiro atoms. The van der Waals surface area contributed by atoms with Crippen LogP contribution in [0.5, 0.6) is 11.6 Å². The van der Waals surface area contributed by atoms with Crippen LogP contribution < -0.4 is 10.5 Å². The van der Waals surface area contributed by atoms with Gasteiger partial charge in [-0.1, -0.05) is 12.1 Å². The van der Waals surface area contributed by atoms with E-state index in [0.29, 0.717) is 17.2 Å². The Bertz CT molecular complexity index is 888. The van der Waals surface area contributed by atoms with E-state index in [1.54, 1.807) is 35.6 Å². The number of carbonyl (C=O) groups excluding carboxylic acids is 1. The second-order valence-corrected chi connectivity index (χ2v) is 6.26. The lowest BCUT2D eigenvalue weighted by Crippen LogP contribution is -2.12. The fourth-order valence-corrected chi connectivity index (χ4v) is 4.06. The first-order valence-electron chi connectivity index (χ1n) is 7.06. The van der Waals surface area contributed by atoms with Crippen LogP contribution in [0.4, 0.5) is 0 Å². The Labute approximate surface area is 130 Å². The number of carbonyl (C=O) groups is 1. The molecule has 1 aliphatic carbocycles. The summed E-state index contributed by atoms with van der Waals surface area (Å²) in [7, 11) is 0. The lowest BCUT2D eigenvalue weighted by Gasteiger charge is -2.09. The van der Waals surface area contributed by atoms with Crippen molar-refractivity contribution in [2.45, 2.75) is 19.3 Å². The van der Waals surface area contributed by atoms with Crippen LogP contribution >= 0.6 is 11.3 Å². The Morgan fingerprint density at radius 2 is 2.09 bits per heavy atom. The van der Waals surface area contributed by atoms with E-state index >= 15 is 0 Å². The first-order chi connectivity index (χ1) is 10.7. The topological polar surface area (TPSA) is 78.1 Å². The van der Waals surface area contributed by atoms with Gasteiger partial charge in [0.25, 0.3) is 5.91 Å². The lowest BCUT2D eigenvalue weighted by molar-refractivity contribution is 0.0998. The van der Waals surface area contributed by atoms with Crippen molar-refractivity contribution in [1.29, 1.82) is 0 Å². The molecule has 6 heteroatoms. The summed E-state index contributed by atoms with van der Waals surface area (Å²) in [5.74, 6) is 0.405. The van der Waals surface area contributed by atoms with Gasteiger partial charge in [0.1, 0.15) is 16.9 Å². The number of hydrogen-bond acceptors (Lipinski definition) is 5. The molecule has 0 fully saturated rings. The number of ether oxygens (including phenoxy) is 1. The summed E-state index contributed by atoms with van der Waals surface area (Å²) in [6, 6.07) is 6.93. The molecule has 1 aliphatic rings. The molecule has 110 valence electrons. The average Bonchev–Trinajstić information content (AvgIpc) is 3.08. The second-order valence-electron chi connectivity index (χ2n) is 5.18. The monoisotopic (exact) mass is 311 g/mol. The predicted octanol–water partition coefficient (Wildman–Crippen LogP) is 3.07. The van der Waals surface area contributed by atoms with Gasteiger partial charge < -0.3 is 10.5 Å². The minimum atomic E-state index is -0.517. The van der Waals surface area contributed by atoms with Crippen LogP contribution in [0, 0.1) is 0 Å². The van der Waals surface area contributed by atoms with Crippen molar-refractivity contribution in [1.82, 2.24) is 9.97 Å². The Hall–Kier alpha value is -2.47. The molecule has 0 bridgehead atoms. The van der Waals surface area contributed by atoms with Crippen molar-refractivity contribution in [3.8, 4) is 11.6 Å². The molecule has 0 saturated carbocycles. The van der Waals surface area contributed by atoms with Gasteiger partial charge in [0.15, 0.2) is 0 Å². The van der Waals surface area contributed by atoms with Gasteiger partial charge in [0, 0.05) is 4.88 Å². The molecule has 2 heterocycles. The number of para-hydroxylation sites is 1. The summed E-state index contributed by atoms with van der Waals surface area (Å²) >= 11 is 1.70. The van der Waals surface area contributed by atoms with Gasteiger partial charge in [-0.05, 0) is 37.0 Å². The molecule has 2 N–H and O–H groups in total. The zero-order valence-electron chi connectivity index (χ0n) is 11.7. The minimum Gasteiger partial charge on any atom is -0.437 e. The molecule has 0 saturated heterocycles. The number of rotatable bonds is 3. The largest absolute Gasteiger partial charge is 0.437 e. The van der Waals surface area contributed by atoms with Crippen molar-refractivity contribution in [2.24, 2.45) is 5.73 Å². The van der Waals surface area contributed by atoms with E-state index in [-0.39, 0.29) is 0 Å². The first-order valence-corrected chi connectivity index (χ1v) is 7.87. The van der Waals surface area contributed by atoms with Crippen LogP contribution in [-0.2, 0) is 12.8 Å². The van der Waals surface area contributed by atoms with Crippen LogP contribution in [0.3, 0.4) is 0 Å². The van der Waals surface area contributed by atoms with Crippen LogP contribution in [0.1, 0.15) is 27.2 Å². The van der Waals surface area contributed by atoms with Gasteiger partial charge in [0.2, 0.25) is 5.88 Å². The highest BCUT2D eigenvalue weighted by Crippen LogP contribution is 2.41. The molecule has 1 aromatic carbocycles. The number of aromatic nitrogens is 2. The Morgan fingerprint density at radius 1 is 1.23 bits per heavy atom. The standard InChI is InChI=1S/C16H13N3O2S/c17-14(20)9-4-1-2-6-11(9)21-15-13-10-5-3-7-12(10)22-16(13)19-8-18-15/h1-2,4,6,8H,3,5,7H2,(H2,17,20). The summed E-state index contributed by atoms with van der Waals surface area (Å²) < 4.78 is 5.92. The van der Waals surface area contributed by atoms with E-state index < -0.39 is 5.91 Å². The van der Waals surface area contributed by atoms with Gasteiger partial charge in [0.05, 0.1) is 10.9 Å². The zero-order valence-corrected chi connectivity index (χ0v) is 12.5. The minimum absolute atomic E-state index is 0.348. The van der Waals surface area contributed by atoms with Crippen molar-refractivity contribution in [2.75, 3.05) is 0 Å². The van der Waals surface area contributed by atoms with E-state index in [0.717, 1.165) is 29.5 Å². The molecule has 1 amide bonds. The van der Waals surface area contributed by atoms with Crippen molar-refractivity contribution < 1.29 is 9.53 Å². The molecule has 5 nitrogen and oxygen atoms in total. The maximum Gasteiger partial charge on any atom is 0.252 e. The summed E-state index contributed by atoms with van der Waals surface area (Å²) in [5.41, 5.74) is 7.03. The molecule has 2 aromatic heterocycles. The van der Waals surface area contributed by atoms with Crippen molar-refractivity contribution in [3.05, 3.63) is 46.6 Å². The van der Waals surface area contributed by atoms with E-state index in [2.05, 4.69) is 9.97 Å². The van der Waals surface area contributed by atoms with Crippen LogP contribution in [0.2, 0.25) is 0 Å². The highest BCUT2D eigenvalue weighted by molar-refractivity contribution is 7.18. The van der Waals surface area contributed by atoms with Gasteiger partial charge in [-0.25, -0.2) is 9.97 Å². The van der Waals surface area contributed by atoms with E-state index in [4.69, 9.17) is 10.5 Å². The fraction of sp³-hybridized carbons (Fsp3) is 0.188. The Balaban J connectivity index is 1.84. The van der Waals surface area contributed by atoms with Crippen LogP contribution in [0.15, 0.2) is 30.6 Å². The Morgan fingerprint density at radius 3 is 2.95 bits per heavy atom. The number of fused-ring (bicyclic) bond motifs is 3. The predicted molar refractivity (Wildman–Crippen MR) is 84.5 cm³/mol. The van der Waals surface area contributed by atoms with Gasteiger partial charge in [-0.3, -0.25) is 4.79 Å². The third-order valence-electron chi connectivity index (χ3n) is 3.83. The lowest BCUT2D eigenvalue weighted by atomic mass is 10.2. The summed E-state index contributed by atoms with van der Waals surface area (Å²) in [6.07, 6.45) is 4.77. The van der Waals surface area contributed by atoms with E-state index in [1.165, 1.54) is 16.8 Å². The molecule has 4 rings (SSSR count). The van der Waals surface area contributed by atoms with E-state index in [9.17, 15) is 4.79 Å². The number of nitrogens with zero attached hydrogens (tertiary/aromatic N) is 2. The molecule has 0 unspecified atom stereocenters. The van der Waals surface area contributed by atoms with E-state index in [1.807, 2.05) is 0 Å². The summed E-state index contributed by atoms with van der Waals surface area (Å²) in [4.78, 5) is 22.4. The van der Waals surface area contributed by atoms with Gasteiger partial charge in [-0.2, -0.15) is 0 Å². The maximum atomic E-state index is 11.5. The fourth-order valence-electron chi connectivity index (χ4n) is 2.84. The van der Waals surface area contributed by atoms with Crippen molar-refractivity contribution >= 4 is 27.5 Å². The smallest absolute Gasteiger partial charge is 0.252 e. The third-order valence-corrected chi connectivity index (χ3v) is 5.03. The van der Waals surface area contributed by atoms with Crippen LogP contribution in [0.25, 0.3) is 10.2 Å². The number of benzene rings is 1. The molecular weight excluding hydrogens is 298 g/mol. The SMILES string of the molecule is NC(=O)c1ccccc1Oc1ncnc2sc3c(c12)CCC3. The molecule has 22 heavy (non-hydrogen) atoms. The molecular formula is C16H13N3O2S. The highest BCUT2D eigenvalue weighted by Gasteiger charge is 2.22. The zero-order chi connectivity index (χ0) is 15.1.